The number of halogens is 3. The third-order valence-electron chi connectivity index (χ3n) is 1.39. The number of ether oxygens (including phenoxy) is 1. The van der Waals surface area contributed by atoms with Gasteiger partial charge in [0.05, 0.1) is 0 Å². The Morgan fingerprint density at radius 2 is 1.87 bits per heavy atom. The highest BCUT2D eigenvalue weighted by molar-refractivity contribution is 6.31. The van der Waals surface area contributed by atoms with E-state index in [-0.39, 0.29) is 5.75 Å². The van der Waals surface area contributed by atoms with Crippen LogP contribution in [-0.4, -0.2) is 13.7 Å². The summed E-state index contributed by atoms with van der Waals surface area (Å²) in [5.74, 6) is 0.0480. The Balaban J connectivity index is 0.000000921. The van der Waals surface area contributed by atoms with Gasteiger partial charge in [-0.25, -0.2) is 0 Å². The van der Waals surface area contributed by atoms with Crippen LogP contribution >= 0.6 is 11.6 Å². The van der Waals surface area contributed by atoms with Crippen molar-refractivity contribution in [3.05, 3.63) is 23.2 Å². The molecule has 2 nitrogen and oxygen atoms in total. The van der Waals surface area contributed by atoms with E-state index in [1.807, 2.05) is 13.8 Å². The lowest BCUT2D eigenvalue weighted by Crippen LogP contribution is -2.02. The molecule has 0 heterocycles. The molecule has 0 fully saturated rings. The van der Waals surface area contributed by atoms with Gasteiger partial charge in [-0.05, 0) is 12.1 Å². The molecule has 0 saturated heterocycles. The van der Waals surface area contributed by atoms with Gasteiger partial charge in [0.2, 0.25) is 0 Å². The van der Waals surface area contributed by atoms with Crippen LogP contribution in [0.4, 0.5) is 14.5 Å². The maximum Gasteiger partial charge on any atom is 0.387 e. The smallest absolute Gasteiger partial charge is 0.387 e. The monoisotopic (exact) mass is 237 g/mol. The summed E-state index contributed by atoms with van der Waals surface area (Å²) < 4.78 is 27.8. The standard InChI is InChI=1S/C8H8ClF2NO.C2H6/c1-12-6-2-5(9)3-7(4-6)13-8(10)11;1-2/h2-4,8,12H,1H3;1-2H3. The Morgan fingerprint density at radius 3 is 2.33 bits per heavy atom. The first-order valence-corrected chi connectivity index (χ1v) is 4.93. The fourth-order valence-corrected chi connectivity index (χ4v) is 1.10. The lowest BCUT2D eigenvalue weighted by molar-refractivity contribution is -0.0497. The first kappa shape index (κ1) is 14.0. The summed E-state index contributed by atoms with van der Waals surface area (Å²) in [6.45, 7) is 1.17. The van der Waals surface area contributed by atoms with Crippen LogP contribution in [0.1, 0.15) is 13.8 Å². The van der Waals surface area contributed by atoms with Gasteiger partial charge in [0.1, 0.15) is 5.75 Å². The predicted octanol–water partition coefficient (Wildman–Crippen LogP) is 4.01. The van der Waals surface area contributed by atoms with E-state index in [1.54, 1.807) is 13.1 Å². The van der Waals surface area contributed by atoms with Gasteiger partial charge in [-0.15, -0.1) is 0 Å². The lowest BCUT2D eigenvalue weighted by Gasteiger charge is -2.07. The van der Waals surface area contributed by atoms with Crippen LogP contribution in [0.5, 0.6) is 5.75 Å². The highest BCUT2D eigenvalue weighted by Gasteiger charge is 2.05. The molecule has 86 valence electrons. The van der Waals surface area contributed by atoms with Crippen LogP contribution in [0.25, 0.3) is 0 Å². The lowest BCUT2D eigenvalue weighted by atomic mass is 10.3. The summed E-state index contributed by atoms with van der Waals surface area (Å²) in [5.41, 5.74) is 0.628. The SMILES string of the molecule is CC.CNc1cc(Cl)cc(OC(F)F)c1. The van der Waals surface area contributed by atoms with Crippen LogP contribution in [0, 0.1) is 0 Å². The molecule has 0 unspecified atom stereocenters. The molecule has 1 rings (SSSR count). The second kappa shape index (κ2) is 7.29. The minimum absolute atomic E-state index is 0.0480. The third-order valence-corrected chi connectivity index (χ3v) is 1.60. The molecule has 15 heavy (non-hydrogen) atoms. The van der Waals surface area contributed by atoms with Gasteiger partial charge in [-0.1, -0.05) is 25.4 Å². The Bertz CT molecular complexity index is 295. The molecule has 0 atom stereocenters. The van der Waals surface area contributed by atoms with E-state index in [1.165, 1.54) is 12.1 Å². The summed E-state index contributed by atoms with van der Waals surface area (Å²) in [6.07, 6.45) is 0. The molecule has 0 aliphatic rings. The Morgan fingerprint density at radius 1 is 1.27 bits per heavy atom. The third kappa shape index (κ3) is 5.42. The summed E-state index contributed by atoms with van der Waals surface area (Å²) in [6, 6.07) is 4.38. The molecule has 1 aromatic rings. The normalized spacial score (nSPS) is 9.27. The molecule has 0 bridgehead atoms. The van der Waals surface area contributed by atoms with Crippen molar-refractivity contribution in [3.8, 4) is 5.75 Å². The average Bonchev–Trinajstić information content (AvgIpc) is 2.18. The fraction of sp³-hybridized carbons (Fsp3) is 0.400. The first-order chi connectivity index (χ1) is 7.11. The second-order valence-electron chi connectivity index (χ2n) is 2.30. The van der Waals surface area contributed by atoms with Crippen molar-refractivity contribution in [1.82, 2.24) is 0 Å². The van der Waals surface area contributed by atoms with Crippen LogP contribution in [0.3, 0.4) is 0 Å². The number of alkyl halides is 2. The van der Waals surface area contributed by atoms with Gasteiger partial charge in [-0.2, -0.15) is 8.78 Å². The zero-order valence-corrected chi connectivity index (χ0v) is 9.61. The second-order valence-corrected chi connectivity index (χ2v) is 2.74. The van der Waals surface area contributed by atoms with Crippen LogP contribution in [-0.2, 0) is 0 Å². The van der Waals surface area contributed by atoms with E-state index in [0.29, 0.717) is 10.7 Å². The molecule has 1 aromatic carbocycles. The first-order valence-electron chi connectivity index (χ1n) is 4.55. The molecular weight excluding hydrogens is 224 g/mol. The number of anilines is 1. The Hall–Kier alpha value is -1.03. The number of rotatable bonds is 3. The number of hydrogen-bond acceptors (Lipinski definition) is 2. The molecule has 0 aliphatic heterocycles. The maximum atomic E-state index is 11.8. The van der Waals surface area contributed by atoms with Crippen molar-refractivity contribution in [1.29, 1.82) is 0 Å². The van der Waals surface area contributed by atoms with Crippen molar-refractivity contribution in [3.63, 3.8) is 0 Å². The summed E-state index contributed by atoms with van der Waals surface area (Å²) >= 11 is 5.65. The molecule has 1 N–H and O–H groups in total. The van der Waals surface area contributed by atoms with Gasteiger partial charge in [0.25, 0.3) is 0 Å². The Labute approximate surface area is 93.2 Å². The van der Waals surface area contributed by atoms with Gasteiger partial charge >= 0.3 is 6.61 Å². The molecular formula is C10H14ClF2NO. The zero-order chi connectivity index (χ0) is 11.8. The van der Waals surface area contributed by atoms with E-state index in [2.05, 4.69) is 10.1 Å². The van der Waals surface area contributed by atoms with E-state index in [0.717, 1.165) is 0 Å². The average molecular weight is 238 g/mol. The molecule has 0 spiro atoms. The number of nitrogens with one attached hydrogen (secondary N) is 1. The largest absolute Gasteiger partial charge is 0.435 e. The molecule has 0 radical (unpaired) electrons. The molecule has 0 aliphatic carbocycles. The zero-order valence-electron chi connectivity index (χ0n) is 8.85. The molecule has 0 aromatic heterocycles. The molecule has 0 amide bonds. The van der Waals surface area contributed by atoms with Crippen molar-refractivity contribution in [2.24, 2.45) is 0 Å². The van der Waals surface area contributed by atoms with Crippen molar-refractivity contribution >= 4 is 17.3 Å². The van der Waals surface area contributed by atoms with E-state index in [9.17, 15) is 8.78 Å². The van der Waals surface area contributed by atoms with E-state index >= 15 is 0 Å². The topological polar surface area (TPSA) is 21.3 Å². The maximum absolute atomic E-state index is 11.8. The van der Waals surface area contributed by atoms with Gasteiger partial charge in [-0.3, -0.25) is 0 Å². The van der Waals surface area contributed by atoms with Crippen LogP contribution in [0.15, 0.2) is 18.2 Å². The highest BCUT2D eigenvalue weighted by Crippen LogP contribution is 2.25. The minimum Gasteiger partial charge on any atom is -0.435 e. The summed E-state index contributed by atoms with van der Waals surface area (Å²) in [7, 11) is 1.66. The summed E-state index contributed by atoms with van der Waals surface area (Å²) in [4.78, 5) is 0. The predicted molar refractivity (Wildman–Crippen MR) is 59.0 cm³/mol. The molecule has 0 saturated carbocycles. The number of benzene rings is 1. The van der Waals surface area contributed by atoms with Crippen molar-refractivity contribution in [2.45, 2.75) is 20.5 Å². The number of hydrogen-bond donors (Lipinski definition) is 1. The van der Waals surface area contributed by atoms with E-state index < -0.39 is 6.61 Å². The minimum atomic E-state index is -2.83. The van der Waals surface area contributed by atoms with Crippen molar-refractivity contribution < 1.29 is 13.5 Å². The van der Waals surface area contributed by atoms with Crippen molar-refractivity contribution in [2.75, 3.05) is 12.4 Å². The van der Waals surface area contributed by atoms with Crippen LogP contribution in [0.2, 0.25) is 5.02 Å². The summed E-state index contributed by atoms with van der Waals surface area (Å²) in [5, 5.41) is 3.12. The van der Waals surface area contributed by atoms with E-state index in [4.69, 9.17) is 11.6 Å². The molecule has 5 heteroatoms. The highest BCUT2D eigenvalue weighted by atomic mass is 35.5. The van der Waals surface area contributed by atoms with Gasteiger partial charge < -0.3 is 10.1 Å². The fourth-order valence-electron chi connectivity index (χ4n) is 0.878. The Kier molecular flexibility index (Phi) is 6.79. The quantitative estimate of drug-likeness (QED) is 0.858. The van der Waals surface area contributed by atoms with Gasteiger partial charge in [0, 0.05) is 23.8 Å². The van der Waals surface area contributed by atoms with Crippen LogP contribution < -0.4 is 10.1 Å². The van der Waals surface area contributed by atoms with Gasteiger partial charge in [0.15, 0.2) is 0 Å².